The van der Waals surface area contributed by atoms with Gasteiger partial charge in [-0.1, -0.05) is 29.8 Å². The van der Waals surface area contributed by atoms with Crippen LogP contribution in [0.1, 0.15) is 20.8 Å². The quantitative estimate of drug-likeness (QED) is 0.359. The van der Waals surface area contributed by atoms with Crippen molar-refractivity contribution < 1.29 is 14.3 Å². The van der Waals surface area contributed by atoms with Crippen molar-refractivity contribution in [3.05, 3.63) is 79.4 Å². The number of carbonyl (C=O) groups excluding carboxylic acids is 1. The van der Waals surface area contributed by atoms with E-state index in [9.17, 15) is 4.79 Å². The Morgan fingerprint density at radius 1 is 1.29 bits per heavy atom. The summed E-state index contributed by atoms with van der Waals surface area (Å²) >= 11 is 10.8. The normalized spacial score (nSPS) is 10.8. The highest BCUT2D eigenvalue weighted by molar-refractivity contribution is 9.10. The minimum Gasteiger partial charge on any atom is -0.493 e. The van der Waals surface area contributed by atoms with Crippen molar-refractivity contribution in [2.45, 2.75) is 6.61 Å². The first-order valence-electron chi connectivity index (χ1n) is 8.18. The van der Waals surface area contributed by atoms with E-state index in [0.717, 1.165) is 11.1 Å². The Morgan fingerprint density at radius 2 is 2.07 bits per heavy atom. The van der Waals surface area contributed by atoms with Gasteiger partial charge in [-0.05, 0) is 62.8 Å². The smallest absolute Gasteiger partial charge is 0.281 e. The van der Waals surface area contributed by atoms with Gasteiger partial charge in [0.25, 0.3) is 5.91 Å². The highest BCUT2D eigenvalue weighted by Gasteiger charge is 2.12. The first kappa shape index (κ1) is 20.4. The van der Waals surface area contributed by atoms with Crippen LogP contribution in [0.5, 0.6) is 11.5 Å². The molecule has 0 saturated carbocycles. The Kier molecular flexibility index (Phi) is 7.08. The van der Waals surface area contributed by atoms with Crippen LogP contribution < -0.4 is 14.9 Å². The molecular weight excluding hydrogens is 464 g/mol. The molecular formula is C20H16BrClN2O3S. The van der Waals surface area contributed by atoms with Gasteiger partial charge >= 0.3 is 0 Å². The third-order valence-corrected chi connectivity index (χ3v) is 5.38. The molecule has 1 heterocycles. The average Bonchev–Trinajstić information content (AvgIpc) is 3.23. The van der Waals surface area contributed by atoms with Gasteiger partial charge in [-0.15, -0.1) is 11.3 Å². The van der Waals surface area contributed by atoms with E-state index in [2.05, 4.69) is 26.5 Å². The number of rotatable bonds is 7. The minimum absolute atomic E-state index is 0.250. The first-order valence-corrected chi connectivity index (χ1v) is 10.2. The molecule has 0 aliphatic carbocycles. The second kappa shape index (κ2) is 9.73. The number of hydrogen-bond donors (Lipinski definition) is 1. The Morgan fingerprint density at radius 3 is 2.75 bits per heavy atom. The average molecular weight is 480 g/mol. The second-order valence-electron chi connectivity index (χ2n) is 5.63. The topological polar surface area (TPSA) is 59.9 Å². The second-order valence-corrected chi connectivity index (χ2v) is 7.86. The van der Waals surface area contributed by atoms with Gasteiger partial charge in [0.1, 0.15) is 6.61 Å². The van der Waals surface area contributed by atoms with Crippen molar-refractivity contribution in [3.8, 4) is 11.5 Å². The summed E-state index contributed by atoms with van der Waals surface area (Å²) in [5, 5.41) is 6.51. The SMILES string of the molecule is COc1cc(/C=N\NC(=O)c2cccs2)cc(Br)c1OCc1ccc(Cl)cc1. The van der Waals surface area contributed by atoms with Crippen LogP contribution in [-0.2, 0) is 6.61 Å². The van der Waals surface area contributed by atoms with Gasteiger partial charge < -0.3 is 9.47 Å². The van der Waals surface area contributed by atoms with E-state index in [4.69, 9.17) is 21.1 Å². The first-order chi connectivity index (χ1) is 13.6. The Hall–Kier alpha value is -2.35. The van der Waals surface area contributed by atoms with Crippen LogP contribution in [0.15, 0.2) is 63.5 Å². The molecule has 0 unspecified atom stereocenters. The lowest BCUT2D eigenvalue weighted by molar-refractivity contribution is 0.0959. The van der Waals surface area contributed by atoms with Gasteiger partial charge in [-0.25, -0.2) is 5.43 Å². The van der Waals surface area contributed by atoms with Crippen LogP contribution in [0.3, 0.4) is 0 Å². The molecule has 5 nitrogen and oxygen atoms in total. The van der Waals surface area contributed by atoms with Crippen LogP contribution >= 0.6 is 38.9 Å². The van der Waals surface area contributed by atoms with Crippen LogP contribution in [0.2, 0.25) is 5.02 Å². The molecule has 0 saturated heterocycles. The summed E-state index contributed by atoms with van der Waals surface area (Å²) in [6, 6.07) is 14.6. The molecule has 0 aliphatic heterocycles. The highest BCUT2D eigenvalue weighted by atomic mass is 79.9. The number of methoxy groups -OCH3 is 1. The summed E-state index contributed by atoms with van der Waals surface area (Å²) in [7, 11) is 1.57. The standard InChI is InChI=1S/C20H16BrClN2O3S/c1-26-17-10-14(11-23-24-20(25)18-3-2-8-28-18)9-16(21)19(17)27-12-13-4-6-15(22)7-5-13/h2-11H,12H2,1H3,(H,24,25)/b23-11-. The van der Waals surface area contributed by atoms with Crippen LogP contribution in [0, 0.1) is 0 Å². The zero-order chi connectivity index (χ0) is 19.9. The minimum atomic E-state index is -0.250. The van der Waals surface area contributed by atoms with E-state index >= 15 is 0 Å². The molecule has 0 spiro atoms. The Labute approximate surface area is 180 Å². The van der Waals surface area contributed by atoms with Crippen molar-refractivity contribution in [2.24, 2.45) is 5.10 Å². The zero-order valence-corrected chi connectivity index (χ0v) is 18.0. The molecule has 1 aromatic heterocycles. The fourth-order valence-electron chi connectivity index (χ4n) is 2.32. The van der Waals surface area contributed by atoms with E-state index in [1.54, 1.807) is 25.5 Å². The van der Waals surface area contributed by atoms with Crippen molar-refractivity contribution in [2.75, 3.05) is 7.11 Å². The number of nitrogens with one attached hydrogen (secondary N) is 1. The third kappa shape index (κ3) is 5.34. The number of nitrogens with zero attached hydrogens (tertiary/aromatic N) is 1. The fourth-order valence-corrected chi connectivity index (χ4v) is 3.63. The lowest BCUT2D eigenvalue weighted by Crippen LogP contribution is -2.16. The molecule has 0 atom stereocenters. The number of benzene rings is 2. The zero-order valence-electron chi connectivity index (χ0n) is 14.8. The van der Waals surface area contributed by atoms with E-state index in [0.29, 0.717) is 32.5 Å². The van der Waals surface area contributed by atoms with Crippen LogP contribution in [0.4, 0.5) is 0 Å². The molecule has 0 radical (unpaired) electrons. The molecule has 0 bridgehead atoms. The summed E-state index contributed by atoms with van der Waals surface area (Å²) < 4.78 is 12.1. The summed E-state index contributed by atoms with van der Waals surface area (Å²) in [5.41, 5.74) is 4.23. The molecule has 1 N–H and O–H groups in total. The summed E-state index contributed by atoms with van der Waals surface area (Å²) in [6.07, 6.45) is 1.54. The van der Waals surface area contributed by atoms with Gasteiger partial charge in [-0.3, -0.25) is 4.79 Å². The number of halogens is 2. The molecule has 0 aliphatic rings. The summed E-state index contributed by atoms with van der Waals surface area (Å²) in [4.78, 5) is 12.5. The number of hydrazone groups is 1. The van der Waals surface area contributed by atoms with Crippen LogP contribution in [0.25, 0.3) is 0 Å². The summed E-state index contributed by atoms with van der Waals surface area (Å²) in [5.74, 6) is 0.881. The van der Waals surface area contributed by atoms with Gasteiger partial charge in [0, 0.05) is 5.02 Å². The third-order valence-electron chi connectivity index (χ3n) is 3.67. The highest BCUT2D eigenvalue weighted by Crippen LogP contribution is 2.36. The molecule has 3 rings (SSSR count). The molecule has 144 valence electrons. The predicted molar refractivity (Wildman–Crippen MR) is 116 cm³/mol. The number of thiophene rings is 1. The van der Waals surface area contributed by atoms with Crippen molar-refractivity contribution >= 4 is 51.0 Å². The number of ether oxygens (including phenoxy) is 2. The van der Waals surface area contributed by atoms with Gasteiger partial charge in [0.2, 0.25) is 0 Å². The van der Waals surface area contributed by atoms with Gasteiger partial charge in [0.15, 0.2) is 11.5 Å². The maximum Gasteiger partial charge on any atom is 0.281 e. The Bertz CT molecular complexity index is 976. The van der Waals surface area contributed by atoms with Crippen molar-refractivity contribution in [1.29, 1.82) is 0 Å². The fraction of sp³-hybridized carbons (Fsp3) is 0.100. The molecule has 3 aromatic rings. The predicted octanol–water partition coefficient (Wildman–Crippen LogP) is 5.52. The van der Waals surface area contributed by atoms with Gasteiger partial charge in [-0.2, -0.15) is 5.10 Å². The van der Waals surface area contributed by atoms with Crippen molar-refractivity contribution in [1.82, 2.24) is 5.43 Å². The van der Waals surface area contributed by atoms with E-state index in [1.165, 1.54) is 11.3 Å². The van der Waals surface area contributed by atoms with Gasteiger partial charge in [0.05, 0.1) is 22.7 Å². The number of carbonyl (C=O) groups is 1. The maximum absolute atomic E-state index is 11.9. The van der Waals surface area contributed by atoms with E-state index in [-0.39, 0.29) is 5.91 Å². The lowest BCUT2D eigenvalue weighted by Gasteiger charge is -2.13. The molecule has 28 heavy (non-hydrogen) atoms. The Balaban J connectivity index is 1.69. The van der Waals surface area contributed by atoms with Crippen molar-refractivity contribution in [3.63, 3.8) is 0 Å². The molecule has 0 fully saturated rings. The molecule has 1 amide bonds. The van der Waals surface area contributed by atoms with Crippen LogP contribution in [-0.4, -0.2) is 19.2 Å². The maximum atomic E-state index is 11.9. The van der Waals surface area contributed by atoms with E-state index < -0.39 is 0 Å². The molecule has 2 aromatic carbocycles. The monoisotopic (exact) mass is 478 g/mol. The van der Waals surface area contributed by atoms with E-state index in [1.807, 2.05) is 41.8 Å². The number of hydrogen-bond acceptors (Lipinski definition) is 5. The molecule has 8 heteroatoms. The number of amides is 1. The summed E-state index contributed by atoms with van der Waals surface area (Å²) in [6.45, 7) is 0.371. The lowest BCUT2D eigenvalue weighted by atomic mass is 10.2. The largest absolute Gasteiger partial charge is 0.493 e.